The number of nitrogens with zero attached hydrogens (tertiary/aromatic N) is 3. The molecule has 0 unspecified atom stereocenters. The fraction of sp³-hybridized carbons (Fsp3) is 0.160. The van der Waals surface area contributed by atoms with Crippen LogP contribution in [0.25, 0.3) is 10.4 Å². The molecule has 0 spiro atoms. The fourth-order valence-electron chi connectivity index (χ4n) is 3.79. The monoisotopic (exact) mass is 492 g/mol. The highest BCUT2D eigenvalue weighted by Gasteiger charge is 2.24. The number of carbonyl (C=O) groups excluding carboxylic acids is 2. The predicted molar refractivity (Wildman–Crippen MR) is 134 cm³/mol. The van der Waals surface area contributed by atoms with Gasteiger partial charge in [0.2, 0.25) is 0 Å². The van der Waals surface area contributed by atoms with Gasteiger partial charge in [-0.15, -0.1) is 11.3 Å². The van der Waals surface area contributed by atoms with Crippen LogP contribution >= 0.6 is 22.9 Å². The molecule has 0 aliphatic carbocycles. The minimum atomic E-state index is -0.321. The predicted octanol–water partition coefficient (Wildman–Crippen LogP) is 5.27. The lowest BCUT2D eigenvalue weighted by Crippen LogP contribution is -2.48. The van der Waals surface area contributed by atoms with E-state index in [1.54, 1.807) is 18.3 Å². The van der Waals surface area contributed by atoms with Gasteiger partial charge in [0, 0.05) is 36.1 Å². The van der Waals surface area contributed by atoms with Crippen LogP contribution in [-0.4, -0.2) is 47.9 Å². The molecule has 172 valence electrons. The summed E-state index contributed by atoms with van der Waals surface area (Å²) in [7, 11) is 0. The van der Waals surface area contributed by atoms with E-state index in [-0.39, 0.29) is 17.6 Å². The van der Waals surface area contributed by atoms with Gasteiger partial charge < -0.3 is 19.5 Å². The second kappa shape index (κ2) is 9.70. The molecule has 0 atom stereocenters. The van der Waals surface area contributed by atoms with Crippen LogP contribution in [0.3, 0.4) is 0 Å². The summed E-state index contributed by atoms with van der Waals surface area (Å²) < 4.78 is 5.10. The van der Waals surface area contributed by atoms with E-state index in [0.29, 0.717) is 36.9 Å². The molecule has 4 heterocycles. The van der Waals surface area contributed by atoms with Crippen molar-refractivity contribution in [1.29, 1.82) is 0 Å². The van der Waals surface area contributed by atoms with Gasteiger partial charge in [-0.2, -0.15) is 0 Å². The van der Waals surface area contributed by atoms with E-state index in [1.165, 1.54) is 17.6 Å². The molecule has 7 nitrogen and oxygen atoms in total. The lowest BCUT2D eigenvalue weighted by Gasteiger charge is -2.35. The molecule has 1 aliphatic heterocycles. The highest BCUT2D eigenvalue weighted by atomic mass is 35.5. The first-order chi connectivity index (χ1) is 16.6. The molecule has 9 heteroatoms. The minimum Gasteiger partial charge on any atom is -0.459 e. The molecule has 0 radical (unpaired) electrons. The lowest BCUT2D eigenvalue weighted by atomic mass is 10.2. The second-order valence-corrected chi connectivity index (χ2v) is 9.31. The number of pyridine rings is 1. The normalized spacial score (nSPS) is 13.7. The number of aromatic nitrogens is 1. The molecule has 34 heavy (non-hydrogen) atoms. The number of amides is 2. The summed E-state index contributed by atoms with van der Waals surface area (Å²) in [5.74, 6) is 0.776. The van der Waals surface area contributed by atoms with Crippen molar-refractivity contribution in [3.63, 3.8) is 0 Å². The van der Waals surface area contributed by atoms with E-state index in [9.17, 15) is 9.59 Å². The number of carbonyl (C=O) groups is 2. The highest BCUT2D eigenvalue weighted by Crippen LogP contribution is 2.30. The lowest BCUT2D eigenvalue weighted by molar-refractivity contribution is 0.0751. The summed E-state index contributed by atoms with van der Waals surface area (Å²) in [6.45, 7) is 2.59. The number of rotatable bonds is 5. The van der Waals surface area contributed by atoms with Gasteiger partial charge in [0.1, 0.15) is 5.82 Å². The average molecular weight is 493 g/mol. The molecular formula is C25H21ClN4O3S. The Hall–Kier alpha value is -3.62. The van der Waals surface area contributed by atoms with Crippen LogP contribution in [0.5, 0.6) is 0 Å². The third kappa shape index (κ3) is 4.83. The largest absolute Gasteiger partial charge is 0.459 e. The minimum absolute atomic E-state index is 0.0434. The van der Waals surface area contributed by atoms with Gasteiger partial charge in [-0.1, -0.05) is 23.7 Å². The van der Waals surface area contributed by atoms with Crippen LogP contribution < -0.4 is 10.2 Å². The smallest absolute Gasteiger partial charge is 0.291 e. The summed E-state index contributed by atoms with van der Waals surface area (Å²) >= 11 is 7.58. The van der Waals surface area contributed by atoms with E-state index < -0.39 is 0 Å². The number of benzene rings is 1. The Labute approximate surface area is 205 Å². The van der Waals surface area contributed by atoms with Gasteiger partial charge >= 0.3 is 0 Å². The average Bonchev–Trinajstić information content (AvgIpc) is 3.57. The van der Waals surface area contributed by atoms with Gasteiger partial charge in [0.05, 0.1) is 23.0 Å². The molecule has 0 bridgehead atoms. The maximum Gasteiger partial charge on any atom is 0.291 e. The van der Waals surface area contributed by atoms with Crippen molar-refractivity contribution in [2.24, 2.45) is 0 Å². The topological polar surface area (TPSA) is 78.7 Å². The zero-order chi connectivity index (χ0) is 23.5. The van der Waals surface area contributed by atoms with Crippen molar-refractivity contribution in [3.8, 4) is 10.4 Å². The Morgan fingerprint density at radius 1 is 1.00 bits per heavy atom. The Morgan fingerprint density at radius 2 is 1.85 bits per heavy atom. The van der Waals surface area contributed by atoms with Crippen molar-refractivity contribution >= 4 is 46.3 Å². The standard InChI is InChI=1S/C25H21ClN4O3S/c26-18-4-1-3-17(15-18)21-7-8-22(34-21)25(32)30-12-10-29(11-13-30)23-9-6-19(16-27-23)28-24(31)20-5-2-14-33-20/h1-9,14-16H,10-13H2,(H,28,31). The highest BCUT2D eigenvalue weighted by molar-refractivity contribution is 7.17. The summed E-state index contributed by atoms with van der Waals surface area (Å²) in [5.41, 5.74) is 1.60. The molecule has 1 aliphatic rings. The van der Waals surface area contributed by atoms with E-state index in [4.69, 9.17) is 16.0 Å². The van der Waals surface area contributed by atoms with Crippen molar-refractivity contribution in [1.82, 2.24) is 9.88 Å². The molecule has 1 fully saturated rings. The number of hydrogen-bond acceptors (Lipinski definition) is 6. The number of furan rings is 1. The third-order valence-electron chi connectivity index (χ3n) is 5.57. The first-order valence-corrected chi connectivity index (χ1v) is 12.0. The Morgan fingerprint density at radius 3 is 2.56 bits per heavy atom. The van der Waals surface area contributed by atoms with Gasteiger partial charge in [0.15, 0.2) is 5.76 Å². The van der Waals surface area contributed by atoms with E-state index in [2.05, 4.69) is 15.2 Å². The molecule has 0 saturated carbocycles. The number of thiophene rings is 1. The summed E-state index contributed by atoms with van der Waals surface area (Å²) in [5, 5.41) is 3.44. The maximum absolute atomic E-state index is 13.0. The molecule has 3 aromatic heterocycles. The molecule has 2 amide bonds. The SMILES string of the molecule is O=C(Nc1ccc(N2CCN(C(=O)c3ccc(-c4cccc(Cl)c4)s3)CC2)nc1)c1ccco1. The van der Waals surface area contributed by atoms with Crippen molar-refractivity contribution in [2.75, 3.05) is 36.4 Å². The number of piperazine rings is 1. The summed E-state index contributed by atoms with van der Waals surface area (Å²) in [4.78, 5) is 35.3. The van der Waals surface area contributed by atoms with Crippen LogP contribution in [0.1, 0.15) is 20.2 Å². The fourth-order valence-corrected chi connectivity index (χ4v) is 4.95. The molecule has 1 N–H and O–H groups in total. The zero-order valence-corrected chi connectivity index (χ0v) is 19.7. The van der Waals surface area contributed by atoms with E-state index in [0.717, 1.165) is 21.1 Å². The number of hydrogen-bond donors (Lipinski definition) is 1. The number of nitrogens with one attached hydrogen (secondary N) is 1. The Bertz CT molecular complexity index is 1300. The summed E-state index contributed by atoms with van der Waals surface area (Å²) in [6, 6.07) is 18.4. The van der Waals surface area contributed by atoms with Gasteiger partial charge in [0.25, 0.3) is 11.8 Å². The summed E-state index contributed by atoms with van der Waals surface area (Å²) in [6.07, 6.45) is 3.08. The van der Waals surface area contributed by atoms with Crippen LogP contribution in [-0.2, 0) is 0 Å². The third-order valence-corrected chi connectivity index (χ3v) is 6.92. The molecule has 1 saturated heterocycles. The number of halogens is 1. The van der Waals surface area contributed by atoms with Gasteiger partial charge in [-0.25, -0.2) is 4.98 Å². The van der Waals surface area contributed by atoms with Crippen LogP contribution in [0.2, 0.25) is 5.02 Å². The first kappa shape index (κ1) is 22.2. The Kier molecular flexibility index (Phi) is 6.33. The number of anilines is 2. The molecular weight excluding hydrogens is 472 g/mol. The zero-order valence-electron chi connectivity index (χ0n) is 18.1. The van der Waals surface area contributed by atoms with Gasteiger partial charge in [-0.05, 0) is 54.1 Å². The van der Waals surface area contributed by atoms with Crippen molar-refractivity contribution in [2.45, 2.75) is 0 Å². The van der Waals surface area contributed by atoms with Gasteiger partial charge in [-0.3, -0.25) is 9.59 Å². The molecule has 5 rings (SSSR count). The van der Waals surface area contributed by atoms with Crippen LogP contribution in [0.4, 0.5) is 11.5 Å². The second-order valence-electron chi connectivity index (χ2n) is 7.79. The van der Waals surface area contributed by atoms with E-state index in [1.807, 2.05) is 53.4 Å². The maximum atomic E-state index is 13.0. The van der Waals surface area contributed by atoms with Crippen LogP contribution in [0, 0.1) is 0 Å². The first-order valence-electron chi connectivity index (χ1n) is 10.8. The van der Waals surface area contributed by atoms with E-state index >= 15 is 0 Å². The Balaban J connectivity index is 1.17. The van der Waals surface area contributed by atoms with Crippen molar-refractivity contribution in [3.05, 3.63) is 88.8 Å². The quantitative estimate of drug-likeness (QED) is 0.410. The molecule has 4 aromatic rings. The van der Waals surface area contributed by atoms with Crippen LogP contribution in [0.15, 0.2) is 77.5 Å². The van der Waals surface area contributed by atoms with Crippen molar-refractivity contribution < 1.29 is 14.0 Å². The molecule has 1 aromatic carbocycles.